The van der Waals surface area contributed by atoms with Crippen molar-refractivity contribution in [3.05, 3.63) is 24.8 Å². The molecule has 0 saturated carbocycles. The predicted octanol–water partition coefficient (Wildman–Crippen LogP) is 1.48. The van der Waals surface area contributed by atoms with Crippen LogP contribution in [0.25, 0.3) is 5.70 Å². The molecule has 1 aliphatic carbocycles. The lowest BCUT2D eigenvalue weighted by atomic mass is 9.90. The number of hydrogen-bond donors (Lipinski definition) is 1. The summed E-state index contributed by atoms with van der Waals surface area (Å²) in [6.45, 7) is 2.20. The molecule has 2 unspecified atom stereocenters. The van der Waals surface area contributed by atoms with E-state index in [9.17, 15) is 0 Å². The highest BCUT2D eigenvalue weighted by Gasteiger charge is 2.17. The Labute approximate surface area is 78.3 Å². The monoisotopic (exact) mass is 177 g/mol. The van der Waals surface area contributed by atoms with Crippen molar-refractivity contribution < 1.29 is 0 Å². The van der Waals surface area contributed by atoms with Crippen LogP contribution < -0.4 is 5.73 Å². The van der Waals surface area contributed by atoms with E-state index in [0.29, 0.717) is 5.92 Å². The number of aromatic nitrogens is 2. The fourth-order valence-electron chi connectivity index (χ4n) is 1.68. The van der Waals surface area contributed by atoms with Crippen LogP contribution in [0, 0.1) is 5.92 Å². The van der Waals surface area contributed by atoms with Crippen molar-refractivity contribution in [2.75, 3.05) is 0 Å². The van der Waals surface area contributed by atoms with Crippen LogP contribution in [0.5, 0.6) is 0 Å². The van der Waals surface area contributed by atoms with E-state index in [1.165, 1.54) is 12.1 Å². The van der Waals surface area contributed by atoms with Gasteiger partial charge in [0.2, 0.25) is 0 Å². The maximum absolute atomic E-state index is 5.96. The number of nitrogens with zero attached hydrogens (tertiary/aromatic N) is 2. The molecule has 13 heavy (non-hydrogen) atoms. The highest BCUT2D eigenvalue weighted by Crippen LogP contribution is 2.24. The summed E-state index contributed by atoms with van der Waals surface area (Å²) in [4.78, 5) is 4.02. The highest BCUT2D eigenvalue weighted by molar-refractivity contribution is 5.47. The van der Waals surface area contributed by atoms with Gasteiger partial charge in [-0.25, -0.2) is 4.98 Å². The molecule has 2 rings (SSSR count). The van der Waals surface area contributed by atoms with Gasteiger partial charge in [-0.15, -0.1) is 0 Å². The summed E-state index contributed by atoms with van der Waals surface area (Å²) in [7, 11) is 0. The Kier molecular flexibility index (Phi) is 2.19. The van der Waals surface area contributed by atoms with Crippen LogP contribution in [0.3, 0.4) is 0 Å². The quantitative estimate of drug-likeness (QED) is 0.706. The molecular weight excluding hydrogens is 162 g/mol. The molecule has 70 valence electrons. The van der Waals surface area contributed by atoms with Crippen LogP contribution in [0.4, 0.5) is 0 Å². The lowest BCUT2D eigenvalue weighted by molar-refractivity contribution is 0.466. The molecule has 0 aliphatic heterocycles. The van der Waals surface area contributed by atoms with Crippen LogP contribution in [0.1, 0.15) is 19.8 Å². The maximum Gasteiger partial charge on any atom is 0.0989 e. The summed E-state index contributed by atoms with van der Waals surface area (Å²) in [6.07, 6.45) is 10.0. The zero-order chi connectivity index (χ0) is 9.26. The van der Waals surface area contributed by atoms with Crippen molar-refractivity contribution >= 4 is 5.70 Å². The average molecular weight is 177 g/mol. The first-order valence-electron chi connectivity index (χ1n) is 4.72. The number of rotatable bonds is 1. The Balaban J connectivity index is 2.22. The molecule has 1 aromatic heterocycles. The van der Waals surface area contributed by atoms with Gasteiger partial charge in [-0.3, -0.25) is 0 Å². The van der Waals surface area contributed by atoms with Crippen LogP contribution in [0.2, 0.25) is 0 Å². The summed E-state index contributed by atoms with van der Waals surface area (Å²) in [5.41, 5.74) is 7.25. The van der Waals surface area contributed by atoms with Gasteiger partial charge < -0.3 is 10.3 Å². The lowest BCUT2D eigenvalue weighted by Gasteiger charge is -2.24. The fourth-order valence-corrected chi connectivity index (χ4v) is 1.68. The number of allylic oxidation sites excluding steroid dienone is 1. The van der Waals surface area contributed by atoms with Gasteiger partial charge in [0.1, 0.15) is 0 Å². The predicted molar refractivity (Wildman–Crippen MR) is 52.9 cm³/mol. The smallest absolute Gasteiger partial charge is 0.0989 e. The molecule has 0 saturated heterocycles. The summed E-state index contributed by atoms with van der Waals surface area (Å²) < 4.78 is 2.05. The fraction of sp³-hybridized carbons (Fsp3) is 0.500. The SMILES string of the molecule is CC1CCC(n2ccnc2)=CC1N. The summed E-state index contributed by atoms with van der Waals surface area (Å²) >= 11 is 0. The molecule has 0 fully saturated rings. The third kappa shape index (κ3) is 1.65. The van der Waals surface area contributed by atoms with E-state index in [2.05, 4.69) is 18.0 Å². The molecule has 1 heterocycles. The first-order valence-corrected chi connectivity index (χ1v) is 4.72. The molecule has 1 aromatic rings. The van der Waals surface area contributed by atoms with Crippen molar-refractivity contribution in [2.24, 2.45) is 11.7 Å². The van der Waals surface area contributed by atoms with Crippen LogP contribution in [-0.4, -0.2) is 15.6 Å². The number of nitrogens with two attached hydrogens (primary N) is 1. The first-order chi connectivity index (χ1) is 6.27. The minimum atomic E-state index is 0.200. The molecule has 0 spiro atoms. The van der Waals surface area contributed by atoms with E-state index >= 15 is 0 Å². The number of hydrogen-bond acceptors (Lipinski definition) is 2. The van der Waals surface area contributed by atoms with Crippen molar-refractivity contribution in [2.45, 2.75) is 25.8 Å². The van der Waals surface area contributed by atoms with Crippen LogP contribution in [-0.2, 0) is 0 Å². The first kappa shape index (κ1) is 8.51. The Bertz CT molecular complexity index is 300. The van der Waals surface area contributed by atoms with Gasteiger partial charge in [0.15, 0.2) is 0 Å². The summed E-state index contributed by atoms with van der Waals surface area (Å²) in [6, 6.07) is 0.200. The zero-order valence-corrected chi connectivity index (χ0v) is 7.85. The third-order valence-corrected chi connectivity index (χ3v) is 2.73. The molecule has 2 N–H and O–H groups in total. The van der Waals surface area contributed by atoms with Gasteiger partial charge in [0.05, 0.1) is 6.33 Å². The Morgan fingerprint density at radius 1 is 1.62 bits per heavy atom. The van der Waals surface area contributed by atoms with Gasteiger partial charge in [0, 0.05) is 24.1 Å². The van der Waals surface area contributed by atoms with Gasteiger partial charge in [-0.05, 0) is 24.8 Å². The van der Waals surface area contributed by atoms with Crippen molar-refractivity contribution in [3.63, 3.8) is 0 Å². The van der Waals surface area contributed by atoms with E-state index in [0.717, 1.165) is 6.42 Å². The van der Waals surface area contributed by atoms with Crippen LogP contribution in [0.15, 0.2) is 24.8 Å². The van der Waals surface area contributed by atoms with Gasteiger partial charge in [0.25, 0.3) is 0 Å². The molecule has 0 amide bonds. The van der Waals surface area contributed by atoms with Gasteiger partial charge in [-0.2, -0.15) is 0 Å². The minimum absolute atomic E-state index is 0.200. The minimum Gasteiger partial charge on any atom is -0.324 e. The van der Waals surface area contributed by atoms with E-state index in [1.54, 1.807) is 6.20 Å². The second-order valence-corrected chi connectivity index (χ2v) is 3.72. The standard InChI is InChI=1S/C10H15N3/c1-8-2-3-9(6-10(8)11)13-5-4-12-7-13/h4-8,10H,2-3,11H2,1H3. The normalized spacial score (nSPS) is 28.6. The van der Waals surface area contributed by atoms with E-state index in [1.807, 2.05) is 17.1 Å². The third-order valence-electron chi connectivity index (χ3n) is 2.73. The Morgan fingerprint density at radius 3 is 3.08 bits per heavy atom. The van der Waals surface area contributed by atoms with Gasteiger partial charge in [-0.1, -0.05) is 6.92 Å². The van der Waals surface area contributed by atoms with E-state index < -0.39 is 0 Å². The molecule has 0 radical (unpaired) electrons. The maximum atomic E-state index is 5.96. The Hall–Kier alpha value is -1.09. The summed E-state index contributed by atoms with van der Waals surface area (Å²) in [5.74, 6) is 0.604. The van der Waals surface area contributed by atoms with E-state index in [4.69, 9.17) is 5.73 Å². The summed E-state index contributed by atoms with van der Waals surface area (Å²) in [5, 5.41) is 0. The van der Waals surface area contributed by atoms with Crippen LogP contribution >= 0.6 is 0 Å². The van der Waals surface area contributed by atoms with Crippen molar-refractivity contribution in [1.82, 2.24) is 9.55 Å². The highest BCUT2D eigenvalue weighted by atomic mass is 15.0. The molecular formula is C10H15N3. The zero-order valence-electron chi connectivity index (χ0n) is 7.85. The molecule has 3 nitrogen and oxygen atoms in total. The average Bonchev–Trinajstić information content (AvgIpc) is 2.62. The second-order valence-electron chi connectivity index (χ2n) is 3.72. The molecule has 0 bridgehead atoms. The largest absolute Gasteiger partial charge is 0.324 e. The van der Waals surface area contributed by atoms with Gasteiger partial charge >= 0.3 is 0 Å². The molecule has 2 atom stereocenters. The Morgan fingerprint density at radius 2 is 2.46 bits per heavy atom. The topological polar surface area (TPSA) is 43.8 Å². The van der Waals surface area contributed by atoms with E-state index in [-0.39, 0.29) is 6.04 Å². The lowest BCUT2D eigenvalue weighted by Crippen LogP contribution is -2.29. The molecule has 1 aliphatic rings. The van der Waals surface area contributed by atoms with Crippen molar-refractivity contribution in [1.29, 1.82) is 0 Å². The molecule has 0 aromatic carbocycles. The van der Waals surface area contributed by atoms with Crippen molar-refractivity contribution in [3.8, 4) is 0 Å². The second kappa shape index (κ2) is 3.34. The number of imidazole rings is 1. The molecule has 3 heteroatoms.